The number of nitrogens with one attached hydrogen (secondary N) is 1. The van der Waals surface area contributed by atoms with Crippen molar-refractivity contribution in [2.45, 2.75) is 5.78 Å². The maximum absolute atomic E-state index is 14.6. The molecule has 1 unspecified atom stereocenters. The predicted octanol–water partition coefficient (Wildman–Crippen LogP) is 8.32. The highest BCUT2D eigenvalue weighted by molar-refractivity contribution is 7.55. The lowest BCUT2D eigenvalue weighted by molar-refractivity contribution is 0.376. The van der Waals surface area contributed by atoms with E-state index in [1.807, 2.05) is 66.7 Å². The summed E-state index contributed by atoms with van der Waals surface area (Å²) in [5, 5.41) is 13.7. The number of nitrogens with zero attached hydrogens (tertiary/aromatic N) is 2. The second-order valence-electron chi connectivity index (χ2n) is 7.73. The first kappa shape index (κ1) is 24.1. The van der Waals surface area contributed by atoms with Crippen molar-refractivity contribution in [3.05, 3.63) is 126 Å². The van der Waals surface area contributed by atoms with Gasteiger partial charge in [-0.05, 0) is 42.0 Å². The molecule has 36 heavy (non-hydrogen) atoms. The number of rotatable bonds is 9. The maximum atomic E-state index is 14.6. The largest absolute Gasteiger partial charge is 0.457 e. The fourth-order valence-corrected chi connectivity index (χ4v) is 6.35. The molecule has 5 rings (SSSR count). The van der Waals surface area contributed by atoms with Crippen LogP contribution in [0.3, 0.4) is 0 Å². The zero-order valence-electron chi connectivity index (χ0n) is 18.9. The van der Waals surface area contributed by atoms with Crippen LogP contribution in [0.1, 0.15) is 11.3 Å². The van der Waals surface area contributed by atoms with Gasteiger partial charge in [-0.2, -0.15) is 0 Å². The molecule has 1 N–H and O–H groups in total. The van der Waals surface area contributed by atoms with Crippen LogP contribution < -0.4 is 14.4 Å². The van der Waals surface area contributed by atoms with Crippen molar-refractivity contribution in [1.82, 2.24) is 10.2 Å². The number of hydrogen-bond donors (Lipinski definition) is 1. The van der Waals surface area contributed by atoms with E-state index in [1.165, 1.54) is 11.3 Å². The van der Waals surface area contributed by atoms with Crippen LogP contribution in [0.4, 0.5) is 5.13 Å². The second kappa shape index (κ2) is 11.0. The Hall–Kier alpha value is -3.64. The van der Waals surface area contributed by atoms with Gasteiger partial charge in [0.25, 0.3) is 0 Å². The molecule has 1 atom stereocenters. The Kier molecular flexibility index (Phi) is 7.33. The second-order valence-corrected chi connectivity index (χ2v) is 11.1. The Labute approximate surface area is 218 Å². The van der Waals surface area contributed by atoms with E-state index in [0.717, 1.165) is 10.6 Å². The molecule has 0 aliphatic carbocycles. The summed E-state index contributed by atoms with van der Waals surface area (Å²) in [5.41, 5.74) is 1.60. The van der Waals surface area contributed by atoms with Crippen LogP contribution in [0, 0.1) is 0 Å². The van der Waals surface area contributed by atoms with Crippen LogP contribution >= 0.6 is 30.5 Å². The van der Waals surface area contributed by atoms with Gasteiger partial charge in [-0.25, -0.2) is 4.57 Å². The van der Waals surface area contributed by atoms with Crippen LogP contribution in [-0.2, 0) is 4.57 Å². The number of hydrogen-bond acceptors (Lipinski definition) is 7. The summed E-state index contributed by atoms with van der Waals surface area (Å²) >= 11 is 7.50. The lowest BCUT2D eigenvalue weighted by atomic mass is 10.2. The van der Waals surface area contributed by atoms with Crippen LogP contribution in [0.15, 0.2) is 115 Å². The van der Waals surface area contributed by atoms with Crippen molar-refractivity contribution >= 4 is 35.7 Å². The number of anilines is 1. The molecule has 4 aromatic carbocycles. The highest BCUT2D eigenvalue weighted by Crippen LogP contribution is 2.60. The topological polar surface area (TPSA) is 73.3 Å². The third-order valence-electron chi connectivity index (χ3n) is 5.16. The molecule has 9 heteroatoms. The number of aromatic nitrogens is 2. The van der Waals surface area contributed by atoms with Gasteiger partial charge in [0, 0.05) is 10.6 Å². The van der Waals surface area contributed by atoms with E-state index >= 15 is 0 Å². The van der Waals surface area contributed by atoms with Gasteiger partial charge in [-0.15, -0.1) is 10.2 Å². The minimum absolute atomic E-state index is 0.416. The van der Waals surface area contributed by atoms with Gasteiger partial charge in [0.2, 0.25) is 5.13 Å². The monoisotopic (exact) mass is 533 g/mol. The third kappa shape index (κ3) is 5.77. The Morgan fingerprint density at radius 2 is 1.25 bits per heavy atom. The zero-order valence-corrected chi connectivity index (χ0v) is 21.4. The van der Waals surface area contributed by atoms with E-state index in [-0.39, 0.29) is 0 Å². The van der Waals surface area contributed by atoms with Gasteiger partial charge in [-0.3, -0.25) is 0 Å². The van der Waals surface area contributed by atoms with E-state index in [4.69, 9.17) is 20.6 Å². The fraction of sp³-hybridized carbons (Fsp3) is 0.0370. The van der Waals surface area contributed by atoms with Crippen LogP contribution in [0.5, 0.6) is 11.5 Å². The molecule has 1 heterocycles. The highest BCUT2D eigenvalue weighted by atomic mass is 35.5. The van der Waals surface area contributed by atoms with E-state index in [1.54, 1.807) is 48.5 Å². The number of para-hydroxylation sites is 2. The first-order chi connectivity index (χ1) is 17.6. The van der Waals surface area contributed by atoms with Crippen LogP contribution in [0.25, 0.3) is 10.6 Å². The summed E-state index contributed by atoms with van der Waals surface area (Å²) in [7, 11) is -3.95. The Morgan fingerprint density at radius 3 is 1.81 bits per heavy atom. The minimum Gasteiger partial charge on any atom is -0.414 e. The van der Waals surface area contributed by atoms with Crippen molar-refractivity contribution in [1.29, 1.82) is 0 Å². The molecular formula is C27H21ClN3O3PS. The van der Waals surface area contributed by atoms with Crippen molar-refractivity contribution in [3.63, 3.8) is 0 Å². The summed E-state index contributed by atoms with van der Waals surface area (Å²) in [5.74, 6) is -0.0775. The molecule has 0 radical (unpaired) electrons. The molecule has 6 nitrogen and oxygen atoms in total. The molecule has 0 saturated heterocycles. The van der Waals surface area contributed by atoms with E-state index < -0.39 is 13.4 Å². The average molecular weight is 534 g/mol. The zero-order chi connectivity index (χ0) is 24.8. The molecule has 0 bridgehead atoms. The van der Waals surface area contributed by atoms with Gasteiger partial charge >= 0.3 is 7.60 Å². The van der Waals surface area contributed by atoms with Crippen molar-refractivity contribution in [3.8, 4) is 22.1 Å². The lowest BCUT2D eigenvalue weighted by Gasteiger charge is -2.28. The van der Waals surface area contributed by atoms with Crippen molar-refractivity contribution in [2.75, 3.05) is 5.32 Å². The van der Waals surface area contributed by atoms with E-state index in [0.29, 0.717) is 27.2 Å². The molecule has 0 spiro atoms. The van der Waals surface area contributed by atoms with Gasteiger partial charge < -0.3 is 14.4 Å². The first-order valence-corrected chi connectivity index (χ1v) is 13.9. The summed E-state index contributed by atoms with van der Waals surface area (Å²) in [6, 6.07) is 34.7. The molecule has 5 aromatic rings. The Balaban J connectivity index is 1.56. The molecule has 0 amide bonds. The minimum atomic E-state index is -3.95. The third-order valence-corrected chi connectivity index (χ3v) is 8.31. The summed E-state index contributed by atoms with van der Waals surface area (Å²) in [6.07, 6.45) is 0. The maximum Gasteiger partial charge on any atom is 0.457 e. The average Bonchev–Trinajstić information content (AvgIpc) is 3.38. The van der Waals surface area contributed by atoms with Gasteiger partial charge in [0.05, 0.1) is 0 Å². The van der Waals surface area contributed by atoms with Gasteiger partial charge in [0.1, 0.15) is 16.5 Å². The van der Waals surface area contributed by atoms with Crippen LogP contribution in [-0.4, -0.2) is 10.2 Å². The molecule has 180 valence electrons. The Morgan fingerprint density at radius 1 is 0.722 bits per heavy atom. The smallest absolute Gasteiger partial charge is 0.414 e. The molecule has 0 aliphatic heterocycles. The van der Waals surface area contributed by atoms with E-state index in [2.05, 4.69) is 15.5 Å². The number of benzene rings is 4. The number of halogens is 1. The molecular weight excluding hydrogens is 513 g/mol. The summed E-state index contributed by atoms with van der Waals surface area (Å²) in [6.45, 7) is 0. The van der Waals surface area contributed by atoms with Gasteiger partial charge in [-0.1, -0.05) is 102 Å². The highest BCUT2D eigenvalue weighted by Gasteiger charge is 2.41. The van der Waals surface area contributed by atoms with Crippen LogP contribution in [0.2, 0.25) is 5.02 Å². The molecule has 0 aliphatic rings. The molecule has 1 aromatic heterocycles. The van der Waals surface area contributed by atoms with Crippen molar-refractivity contribution in [2.24, 2.45) is 0 Å². The predicted molar refractivity (Wildman–Crippen MR) is 145 cm³/mol. The van der Waals surface area contributed by atoms with Gasteiger partial charge in [0.15, 0.2) is 5.78 Å². The molecule has 0 saturated carbocycles. The lowest BCUT2D eigenvalue weighted by Crippen LogP contribution is -2.18. The molecule has 0 fully saturated rings. The quantitative estimate of drug-likeness (QED) is 0.192. The first-order valence-electron chi connectivity index (χ1n) is 11.1. The SMILES string of the molecule is O=P(Oc1ccccc1)(Oc1ccccc1)C(Nc1nnc(-c2ccccc2)s1)c1ccc(Cl)cc1. The fourth-order valence-electron chi connectivity index (χ4n) is 3.47. The standard InChI is InChI=1S/C27H21ClN3O3PS/c28-22-18-16-20(17-19-22)25(29-27-31-30-26(36-27)21-10-4-1-5-11-21)35(32,33-23-12-6-2-7-13-23)34-24-14-8-3-9-15-24/h1-19,25H,(H,29,31). The van der Waals surface area contributed by atoms with E-state index in [9.17, 15) is 4.57 Å². The summed E-state index contributed by atoms with van der Waals surface area (Å²) < 4.78 is 26.9. The Bertz CT molecular complexity index is 1410. The normalized spacial score (nSPS) is 12.0. The van der Waals surface area contributed by atoms with Crippen molar-refractivity contribution < 1.29 is 13.6 Å². The summed E-state index contributed by atoms with van der Waals surface area (Å²) in [4.78, 5) is 0.